The van der Waals surface area contributed by atoms with Gasteiger partial charge in [0.15, 0.2) is 0 Å². The smallest absolute Gasteiger partial charge is 0.217 e. The fourth-order valence-corrected chi connectivity index (χ4v) is 5.72. The Bertz CT molecular complexity index is 901. The maximum atomic E-state index is 13.6. The van der Waals surface area contributed by atoms with Gasteiger partial charge in [-0.2, -0.15) is 0 Å². The van der Waals surface area contributed by atoms with E-state index < -0.39 is 7.29 Å². The zero-order chi connectivity index (χ0) is 18.4. The lowest BCUT2D eigenvalue weighted by Crippen LogP contribution is -1.93. The first-order valence-electron chi connectivity index (χ1n) is 7.57. The average Bonchev–Trinajstić information content (AvgIpc) is 3.15. The first-order valence-corrected chi connectivity index (χ1v) is 11.1. The first-order chi connectivity index (χ1) is 12.6. The average molecular weight is 422 g/mol. The molecular weight excluding hydrogens is 408 g/mol. The molecule has 1 aromatic heterocycles. The molecule has 0 aliphatic rings. The van der Waals surface area contributed by atoms with E-state index in [0.717, 1.165) is 11.1 Å². The van der Waals surface area contributed by atoms with Crippen LogP contribution < -0.4 is 5.09 Å². The van der Waals surface area contributed by atoms with Gasteiger partial charge in [0.25, 0.3) is 0 Å². The van der Waals surface area contributed by atoms with Crippen LogP contribution in [-0.2, 0) is 4.57 Å². The Balaban J connectivity index is 2.01. The molecule has 0 aliphatic heterocycles. The summed E-state index contributed by atoms with van der Waals surface area (Å²) in [5.41, 5.74) is 3.08. The summed E-state index contributed by atoms with van der Waals surface area (Å²) in [4.78, 5) is 0. The van der Waals surface area contributed by atoms with Gasteiger partial charge in [-0.15, -0.1) is 10.2 Å². The lowest BCUT2D eigenvalue weighted by atomic mass is 10.2. The third-order valence-electron chi connectivity index (χ3n) is 3.34. The molecule has 0 amide bonds. The number of hydrogen-bond acceptors (Lipinski definition) is 4. The van der Waals surface area contributed by atoms with E-state index in [1.165, 1.54) is 23.0 Å². The second-order valence-electron chi connectivity index (χ2n) is 5.25. The molecule has 8 heteroatoms. The number of halogens is 2. The van der Waals surface area contributed by atoms with Gasteiger partial charge in [0.2, 0.25) is 12.4 Å². The zero-order valence-corrected chi connectivity index (χ0v) is 16.6. The molecule has 1 heterocycles. The number of nitrogens with one attached hydrogen (secondary N) is 1. The summed E-state index contributed by atoms with van der Waals surface area (Å²) in [5, 5.41) is 11.7. The summed E-state index contributed by atoms with van der Waals surface area (Å²) in [6, 6.07) is 18.6. The van der Waals surface area contributed by atoms with E-state index in [1.807, 2.05) is 60.7 Å². The molecule has 0 aliphatic carbocycles. The molecular formula is C18H14Cl2N3OPS. The van der Waals surface area contributed by atoms with Crippen LogP contribution in [0.25, 0.3) is 10.1 Å². The third kappa shape index (κ3) is 5.05. The molecule has 0 unspecified atom stereocenters. The molecule has 0 fully saturated rings. The van der Waals surface area contributed by atoms with Gasteiger partial charge in [-0.25, -0.2) is 0 Å². The lowest BCUT2D eigenvalue weighted by Gasteiger charge is -2.13. The van der Waals surface area contributed by atoms with Gasteiger partial charge in [-0.05, 0) is 11.1 Å². The predicted molar refractivity (Wildman–Crippen MR) is 112 cm³/mol. The van der Waals surface area contributed by atoms with Gasteiger partial charge in [0.1, 0.15) is 5.51 Å². The number of anilines is 1. The Hall–Kier alpha value is -1.91. The number of benzene rings is 2. The van der Waals surface area contributed by atoms with Gasteiger partial charge >= 0.3 is 0 Å². The van der Waals surface area contributed by atoms with Gasteiger partial charge in [0.05, 0.1) is 10.1 Å². The highest BCUT2D eigenvalue weighted by molar-refractivity contribution is 7.72. The molecule has 1 N–H and O–H groups in total. The Morgan fingerprint density at radius 2 is 1.42 bits per heavy atom. The number of rotatable bonds is 6. The second-order valence-corrected chi connectivity index (χ2v) is 9.06. The van der Waals surface area contributed by atoms with Crippen LogP contribution in [0.5, 0.6) is 0 Å². The summed E-state index contributed by atoms with van der Waals surface area (Å²) < 4.78 is 13.6. The van der Waals surface area contributed by atoms with E-state index in [4.69, 9.17) is 23.2 Å². The van der Waals surface area contributed by atoms with E-state index in [0.29, 0.717) is 15.2 Å². The number of hydrogen-bond donors (Lipinski definition) is 1. The number of nitrogens with zero attached hydrogens (tertiary/aromatic N) is 2. The van der Waals surface area contributed by atoms with Crippen LogP contribution in [0.2, 0.25) is 0 Å². The Kier molecular flexibility index (Phi) is 6.28. The molecule has 0 bridgehead atoms. The molecule has 0 spiro atoms. The quantitative estimate of drug-likeness (QED) is 0.449. The summed E-state index contributed by atoms with van der Waals surface area (Å²) in [5.74, 6) is 2.97. The van der Waals surface area contributed by atoms with Crippen LogP contribution in [0.3, 0.4) is 0 Å². The van der Waals surface area contributed by atoms with E-state index in [1.54, 1.807) is 5.51 Å². The summed E-state index contributed by atoms with van der Waals surface area (Å²) in [7, 11) is -3.28. The maximum Gasteiger partial charge on any atom is 0.217 e. The molecule has 4 nitrogen and oxygen atoms in total. The topological polar surface area (TPSA) is 54.9 Å². The molecule has 3 rings (SSSR count). The van der Waals surface area contributed by atoms with Crippen LogP contribution in [0.1, 0.15) is 11.1 Å². The largest absolute Gasteiger partial charge is 0.305 e. The summed E-state index contributed by atoms with van der Waals surface area (Å²) in [6.07, 6.45) is 0. The van der Waals surface area contributed by atoms with Crippen molar-refractivity contribution in [2.75, 3.05) is 5.09 Å². The fourth-order valence-electron chi connectivity index (χ4n) is 2.15. The molecule has 2 aromatic carbocycles. The normalized spacial score (nSPS) is 12.8. The van der Waals surface area contributed by atoms with Crippen molar-refractivity contribution < 1.29 is 4.57 Å². The van der Waals surface area contributed by atoms with Crippen LogP contribution in [0, 0.1) is 0 Å². The lowest BCUT2D eigenvalue weighted by molar-refractivity contribution is 0.589. The molecule has 3 aromatic rings. The van der Waals surface area contributed by atoms with Crippen molar-refractivity contribution in [2.45, 2.75) is 0 Å². The van der Waals surface area contributed by atoms with Crippen LogP contribution in [0.4, 0.5) is 5.13 Å². The van der Waals surface area contributed by atoms with E-state index in [2.05, 4.69) is 15.3 Å². The Morgan fingerprint density at radius 1 is 0.923 bits per heavy atom. The Labute approximate surface area is 165 Å². The predicted octanol–water partition coefficient (Wildman–Crippen LogP) is 6.70. The summed E-state index contributed by atoms with van der Waals surface area (Å²) >= 11 is 14.1. The van der Waals surface area contributed by atoms with E-state index in [9.17, 15) is 4.57 Å². The summed E-state index contributed by atoms with van der Waals surface area (Å²) in [6.45, 7) is 0. The van der Waals surface area contributed by atoms with Crippen molar-refractivity contribution in [1.82, 2.24) is 10.2 Å². The molecule has 132 valence electrons. The van der Waals surface area contributed by atoms with Gasteiger partial charge in [0, 0.05) is 11.6 Å². The van der Waals surface area contributed by atoms with Gasteiger partial charge < -0.3 is 5.09 Å². The minimum absolute atomic E-state index is 0.361. The highest BCUT2D eigenvalue weighted by atomic mass is 35.5. The second kappa shape index (κ2) is 8.65. The molecule has 0 radical (unpaired) electrons. The SMILES string of the molecule is O=P(/C=C(\Cl)c1ccccc1)(/C=C(\Cl)c1ccccc1)Nc1nncs1. The minimum Gasteiger partial charge on any atom is -0.305 e. The van der Waals surface area contributed by atoms with E-state index in [-0.39, 0.29) is 0 Å². The van der Waals surface area contributed by atoms with Gasteiger partial charge in [-0.3, -0.25) is 4.57 Å². The van der Waals surface area contributed by atoms with Crippen molar-refractivity contribution >= 4 is 57.0 Å². The first kappa shape index (κ1) is 18.9. The fraction of sp³-hybridized carbons (Fsp3) is 0. The van der Waals surface area contributed by atoms with Crippen LogP contribution in [0.15, 0.2) is 77.8 Å². The van der Waals surface area contributed by atoms with Crippen LogP contribution >= 0.6 is 41.8 Å². The zero-order valence-electron chi connectivity index (χ0n) is 13.4. The van der Waals surface area contributed by atoms with Crippen molar-refractivity contribution in [1.29, 1.82) is 0 Å². The third-order valence-corrected chi connectivity index (χ3v) is 6.90. The monoisotopic (exact) mass is 421 g/mol. The minimum atomic E-state index is -3.28. The van der Waals surface area contributed by atoms with Gasteiger partial charge in [-0.1, -0.05) is 95.2 Å². The van der Waals surface area contributed by atoms with E-state index >= 15 is 0 Å². The molecule has 0 atom stereocenters. The standard InChI is InChI=1S/C18H14Cl2N3OPS/c19-16(14-7-3-1-4-8-14)11-25(24,23-18-22-21-13-26-18)12-17(20)15-9-5-2-6-10-15/h1-13H,(H,22,23,24)/b16-11-,17-12-. The molecule has 0 saturated heterocycles. The van der Waals surface area contributed by atoms with Crippen molar-refractivity contribution in [3.8, 4) is 0 Å². The number of aromatic nitrogens is 2. The maximum absolute atomic E-state index is 13.6. The van der Waals surface area contributed by atoms with Crippen molar-refractivity contribution in [3.63, 3.8) is 0 Å². The van der Waals surface area contributed by atoms with Crippen molar-refractivity contribution in [2.24, 2.45) is 0 Å². The molecule has 26 heavy (non-hydrogen) atoms. The highest BCUT2D eigenvalue weighted by Crippen LogP contribution is 2.53. The van der Waals surface area contributed by atoms with Crippen LogP contribution in [-0.4, -0.2) is 10.2 Å². The van der Waals surface area contributed by atoms with Crippen molar-refractivity contribution in [3.05, 3.63) is 88.9 Å². The Morgan fingerprint density at radius 3 is 1.85 bits per heavy atom. The molecule has 0 saturated carbocycles. The highest BCUT2D eigenvalue weighted by Gasteiger charge is 2.20.